The predicted molar refractivity (Wildman–Crippen MR) is 155 cm³/mol. The van der Waals surface area contributed by atoms with Crippen LogP contribution in [-0.4, -0.2) is 42.3 Å². The molecule has 3 amide bonds. The molecule has 0 aromatic heterocycles. The fourth-order valence-corrected chi connectivity index (χ4v) is 5.46. The Morgan fingerprint density at radius 1 is 1.08 bits per heavy atom. The summed E-state index contributed by atoms with van der Waals surface area (Å²) in [5, 5.41) is 3.04. The highest BCUT2D eigenvalue weighted by Crippen LogP contribution is 2.27. The van der Waals surface area contributed by atoms with Crippen LogP contribution >= 0.6 is 0 Å². The number of nitrogens with zero attached hydrogens (tertiary/aromatic N) is 1. The van der Waals surface area contributed by atoms with Crippen LogP contribution in [0.3, 0.4) is 0 Å². The van der Waals surface area contributed by atoms with Gasteiger partial charge in [0.05, 0.1) is 7.11 Å². The first kappa shape index (κ1) is 30.2. The van der Waals surface area contributed by atoms with Crippen LogP contribution in [0.25, 0.3) is 11.1 Å². The van der Waals surface area contributed by atoms with E-state index < -0.39 is 23.8 Å². The number of likely N-dealkylation sites (tertiary alicyclic amines) is 1. The third-order valence-electron chi connectivity index (χ3n) is 7.60. The summed E-state index contributed by atoms with van der Waals surface area (Å²) in [6, 6.07) is 15.5. The van der Waals surface area contributed by atoms with Crippen molar-refractivity contribution in [3.63, 3.8) is 0 Å². The van der Waals surface area contributed by atoms with Crippen molar-refractivity contribution in [1.29, 1.82) is 0 Å². The van der Waals surface area contributed by atoms with Crippen LogP contribution in [0.5, 0.6) is 5.75 Å². The molecule has 2 aromatic carbocycles. The largest absolute Gasteiger partial charge is 0.497 e. The van der Waals surface area contributed by atoms with Crippen LogP contribution in [0.4, 0.5) is 0 Å². The number of carbonyl (C=O) groups excluding carboxylic acids is 3. The Morgan fingerprint density at radius 3 is 2.46 bits per heavy atom. The molecule has 3 rings (SSSR count). The van der Waals surface area contributed by atoms with Crippen molar-refractivity contribution < 1.29 is 19.1 Å². The van der Waals surface area contributed by atoms with E-state index in [-0.39, 0.29) is 17.7 Å². The molecule has 1 saturated heterocycles. The van der Waals surface area contributed by atoms with E-state index in [1.807, 2.05) is 55.1 Å². The van der Waals surface area contributed by atoms with Gasteiger partial charge in [0.25, 0.3) is 0 Å². The molecule has 3 N–H and O–H groups in total. The molecule has 2 aromatic rings. The van der Waals surface area contributed by atoms with Crippen molar-refractivity contribution in [3.05, 3.63) is 54.1 Å². The van der Waals surface area contributed by atoms with Crippen LogP contribution in [0, 0.1) is 17.8 Å². The Balaban J connectivity index is 1.74. The minimum atomic E-state index is -0.598. The molecule has 1 heterocycles. The number of benzene rings is 2. The van der Waals surface area contributed by atoms with Gasteiger partial charge in [-0.2, -0.15) is 0 Å². The zero-order chi connectivity index (χ0) is 28.4. The molecule has 39 heavy (non-hydrogen) atoms. The normalized spacial score (nSPS) is 17.4. The molecular weight excluding hydrogens is 490 g/mol. The summed E-state index contributed by atoms with van der Waals surface area (Å²) in [6.45, 7) is 7.26. The van der Waals surface area contributed by atoms with Gasteiger partial charge in [0, 0.05) is 24.9 Å². The van der Waals surface area contributed by atoms with E-state index in [2.05, 4.69) is 24.4 Å². The molecule has 1 aliphatic rings. The molecular formula is C32H45N3O4. The number of methoxy groups -OCH3 is 1. The van der Waals surface area contributed by atoms with E-state index in [0.29, 0.717) is 32.4 Å². The smallest absolute Gasteiger partial charge is 0.245 e. The first-order valence-electron chi connectivity index (χ1n) is 14.3. The lowest BCUT2D eigenvalue weighted by Gasteiger charge is -2.29. The molecule has 0 spiro atoms. The lowest BCUT2D eigenvalue weighted by molar-refractivity contribution is -0.139. The second kappa shape index (κ2) is 14.7. The monoisotopic (exact) mass is 535 g/mol. The zero-order valence-electron chi connectivity index (χ0n) is 23.9. The molecule has 212 valence electrons. The summed E-state index contributed by atoms with van der Waals surface area (Å²) in [7, 11) is 1.65. The molecule has 2 unspecified atom stereocenters. The van der Waals surface area contributed by atoms with Crippen molar-refractivity contribution in [2.45, 2.75) is 78.3 Å². The molecule has 0 saturated carbocycles. The van der Waals surface area contributed by atoms with Crippen molar-refractivity contribution in [2.24, 2.45) is 23.5 Å². The van der Waals surface area contributed by atoms with E-state index in [4.69, 9.17) is 10.5 Å². The topological polar surface area (TPSA) is 102 Å². The number of nitrogens with one attached hydrogen (secondary N) is 1. The lowest BCUT2D eigenvalue weighted by atomic mass is 9.81. The van der Waals surface area contributed by atoms with Gasteiger partial charge < -0.3 is 20.7 Å². The molecule has 0 radical (unpaired) electrons. The highest BCUT2D eigenvalue weighted by Gasteiger charge is 2.36. The number of primary amides is 1. The lowest BCUT2D eigenvalue weighted by Crippen LogP contribution is -2.50. The number of hydrogen-bond acceptors (Lipinski definition) is 4. The molecule has 7 heteroatoms. The summed E-state index contributed by atoms with van der Waals surface area (Å²) in [5.41, 5.74) is 8.94. The fraction of sp³-hybridized carbons (Fsp3) is 0.531. The molecule has 1 aliphatic heterocycles. The number of carbonyl (C=O) groups is 3. The Labute approximate surface area is 233 Å². The molecule has 3 atom stereocenters. The molecule has 1 fully saturated rings. The van der Waals surface area contributed by atoms with Gasteiger partial charge in [-0.1, -0.05) is 63.9 Å². The van der Waals surface area contributed by atoms with Crippen molar-refractivity contribution >= 4 is 17.7 Å². The Bertz CT molecular complexity index is 1100. The number of hydrogen-bond donors (Lipinski definition) is 2. The predicted octanol–water partition coefficient (Wildman–Crippen LogP) is 5.31. The van der Waals surface area contributed by atoms with Gasteiger partial charge >= 0.3 is 0 Å². The third-order valence-corrected chi connectivity index (χ3v) is 7.60. The highest BCUT2D eigenvalue weighted by molar-refractivity contribution is 5.91. The number of rotatable bonds is 13. The van der Waals surface area contributed by atoms with E-state index in [1.54, 1.807) is 7.11 Å². The van der Waals surface area contributed by atoms with E-state index in [1.165, 1.54) is 0 Å². The quantitative estimate of drug-likeness (QED) is 0.363. The molecule has 0 aliphatic carbocycles. The Kier molecular flexibility index (Phi) is 11.4. The minimum absolute atomic E-state index is 0.0665. The SMILES string of the molecule is CCCCC(C(N)=O)C(CC(C)C)C(=O)N[C@H]1CCCCN(Cc2cccc(-c3ccc(OC)cc3)c2)C1=O. The summed E-state index contributed by atoms with van der Waals surface area (Å²) >= 11 is 0. The summed E-state index contributed by atoms with van der Waals surface area (Å²) < 4.78 is 5.27. The van der Waals surface area contributed by atoms with Gasteiger partial charge in [0.2, 0.25) is 17.7 Å². The number of ether oxygens (including phenoxy) is 1. The molecule has 0 bridgehead atoms. The van der Waals surface area contributed by atoms with Crippen LogP contribution < -0.4 is 15.8 Å². The molecule has 7 nitrogen and oxygen atoms in total. The second-order valence-electron chi connectivity index (χ2n) is 11.1. The number of nitrogens with two attached hydrogens (primary N) is 1. The van der Waals surface area contributed by atoms with E-state index in [0.717, 1.165) is 48.1 Å². The second-order valence-corrected chi connectivity index (χ2v) is 11.1. The number of amides is 3. The first-order valence-corrected chi connectivity index (χ1v) is 14.3. The van der Waals surface area contributed by atoms with Crippen molar-refractivity contribution in [1.82, 2.24) is 10.2 Å². The van der Waals surface area contributed by atoms with E-state index >= 15 is 0 Å². The Hall–Kier alpha value is -3.35. The summed E-state index contributed by atoms with van der Waals surface area (Å²) in [4.78, 5) is 41.3. The van der Waals surface area contributed by atoms with Gasteiger partial charge in [-0.3, -0.25) is 14.4 Å². The fourth-order valence-electron chi connectivity index (χ4n) is 5.46. The maximum atomic E-state index is 13.6. The van der Waals surface area contributed by atoms with Crippen molar-refractivity contribution in [3.8, 4) is 16.9 Å². The standard InChI is InChI=1S/C32H45N3O4/c1-5-6-12-27(30(33)36)28(19-22(2)3)31(37)34-29-13-7-8-18-35(32(29)38)21-23-10-9-11-25(20-23)24-14-16-26(39-4)17-15-24/h9-11,14-17,20,22,27-29H,5-8,12-13,18-19,21H2,1-4H3,(H2,33,36)(H,34,37)/t27?,28?,29-/m0/s1. The van der Waals surface area contributed by atoms with Crippen LogP contribution in [0.15, 0.2) is 48.5 Å². The minimum Gasteiger partial charge on any atom is -0.497 e. The average molecular weight is 536 g/mol. The summed E-state index contributed by atoms with van der Waals surface area (Å²) in [6.07, 6.45) is 5.24. The van der Waals surface area contributed by atoms with Crippen molar-refractivity contribution in [2.75, 3.05) is 13.7 Å². The maximum absolute atomic E-state index is 13.6. The third kappa shape index (κ3) is 8.57. The summed E-state index contributed by atoms with van der Waals surface area (Å²) in [5.74, 6) is -0.752. The zero-order valence-corrected chi connectivity index (χ0v) is 23.9. The Morgan fingerprint density at radius 2 is 1.82 bits per heavy atom. The first-order chi connectivity index (χ1) is 18.7. The van der Waals surface area contributed by atoms with Crippen LogP contribution in [-0.2, 0) is 20.9 Å². The number of unbranched alkanes of at least 4 members (excludes halogenated alkanes) is 1. The van der Waals surface area contributed by atoms with Crippen LogP contribution in [0.2, 0.25) is 0 Å². The van der Waals surface area contributed by atoms with Gasteiger partial charge in [0.15, 0.2) is 0 Å². The van der Waals surface area contributed by atoms with Crippen LogP contribution in [0.1, 0.15) is 71.3 Å². The van der Waals surface area contributed by atoms with Gasteiger partial charge in [-0.05, 0) is 72.9 Å². The maximum Gasteiger partial charge on any atom is 0.245 e. The highest BCUT2D eigenvalue weighted by atomic mass is 16.5. The van der Waals surface area contributed by atoms with Gasteiger partial charge in [-0.15, -0.1) is 0 Å². The average Bonchev–Trinajstić information content (AvgIpc) is 3.09. The van der Waals surface area contributed by atoms with Gasteiger partial charge in [-0.25, -0.2) is 0 Å². The van der Waals surface area contributed by atoms with Gasteiger partial charge in [0.1, 0.15) is 11.8 Å². The van der Waals surface area contributed by atoms with E-state index in [9.17, 15) is 14.4 Å².